The maximum atomic E-state index is 13.4. The first-order valence-electron chi connectivity index (χ1n) is 49.6. The molecule has 4 aromatic rings. The average Bonchev–Trinajstić information content (AvgIpc) is 1.54. The smallest absolute Gasteiger partial charge is 0.224 e. The van der Waals surface area contributed by atoms with Gasteiger partial charge in [-0.2, -0.15) is 25.7 Å². The monoisotopic (exact) mass is 1670 g/mol. The number of Topliss-reactive ketones (excluding diaryl/α,β-unsaturated/α-hetero) is 4. The number of fused-ring (bicyclic) bond motifs is 20. The van der Waals surface area contributed by atoms with Gasteiger partial charge in [-0.05, 0) is 428 Å². The molecule has 18 heteroatoms. The third-order valence-electron chi connectivity index (χ3n) is 40.1. The van der Waals surface area contributed by atoms with Gasteiger partial charge < -0.3 is 20.4 Å². The molecule has 16 fully saturated rings. The fraction of sp³-hybridized carbons (Fsp3) is 0.827. The summed E-state index contributed by atoms with van der Waals surface area (Å²) < 4.78 is 6.97. The molecule has 16 aliphatic carbocycles. The van der Waals surface area contributed by atoms with Crippen molar-refractivity contribution >= 4 is 28.8 Å². The molecule has 122 heavy (non-hydrogen) atoms. The van der Waals surface area contributed by atoms with Gasteiger partial charge in [0.05, 0.1) is 73.7 Å². The van der Waals surface area contributed by atoms with Crippen LogP contribution in [-0.4, -0.2) is 105 Å². The number of aryl methyl sites for hydroxylation is 2. The summed E-state index contributed by atoms with van der Waals surface area (Å²) in [5.41, 5.74) is 1.81. The van der Waals surface area contributed by atoms with Crippen molar-refractivity contribution in [3.05, 3.63) is 77.7 Å². The Hall–Kier alpha value is -5.66. The molecule has 0 aliphatic heterocycles. The summed E-state index contributed by atoms with van der Waals surface area (Å²) >= 11 is 0. The van der Waals surface area contributed by atoms with E-state index in [4.69, 9.17) is 11.8 Å². The van der Waals surface area contributed by atoms with Gasteiger partial charge in [0.25, 0.3) is 0 Å². The topological polar surface area (TPSA) is 249 Å². The number of aromatic nitrogens is 8. The molecule has 0 radical (unpaired) electrons. The van der Waals surface area contributed by atoms with Crippen LogP contribution in [-0.2, 0) is 45.4 Å². The van der Waals surface area contributed by atoms with Gasteiger partial charge in [0, 0.05) is 48.5 Å². The van der Waals surface area contributed by atoms with Crippen LogP contribution in [0.3, 0.4) is 0 Å². The van der Waals surface area contributed by atoms with Crippen molar-refractivity contribution in [1.29, 1.82) is 5.26 Å². The molecule has 4 heterocycles. The van der Waals surface area contributed by atoms with Crippen LogP contribution in [0.1, 0.15) is 305 Å². The minimum atomic E-state index is -0.465. The Labute approximate surface area is 730 Å². The Morgan fingerprint density at radius 2 is 0.664 bits per heavy atom. The summed E-state index contributed by atoms with van der Waals surface area (Å²) in [4.78, 5) is 57.0. The van der Waals surface area contributed by atoms with E-state index in [-0.39, 0.29) is 51.9 Å². The highest BCUT2D eigenvalue weighted by Crippen LogP contribution is 2.72. The van der Waals surface area contributed by atoms with Crippen LogP contribution in [0.4, 0.5) is 5.69 Å². The normalized spacial score (nSPS) is 47.2. The second kappa shape index (κ2) is 33.4. The second-order valence-corrected chi connectivity index (χ2v) is 47.9. The lowest BCUT2D eigenvalue weighted by molar-refractivity contribution is -0.134. The summed E-state index contributed by atoms with van der Waals surface area (Å²) in [6.45, 7) is 40.1. The Morgan fingerprint density at radius 3 is 0.918 bits per heavy atom. The lowest BCUT2D eigenvalue weighted by Crippen LogP contribution is -2.51. The number of rotatable bonds is 12. The van der Waals surface area contributed by atoms with Gasteiger partial charge in [0.2, 0.25) is 5.69 Å². The molecule has 668 valence electrons. The fourth-order valence-corrected chi connectivity index (χ4v) is 35.7. The van der Waals surface area contributed by atoms with Gasteiger partial charge >= 0.3 is 0 Å². The van der Waals surface area contributed by atoms with Gasteiger partial charge in [0.1, 0.15) is 6.07 Å². The highest BCUT2D eigenvalue weighted by Gasteiger charge is 2.67. The first-order valence-corrected chi connectivity index (χ1v) is 49.6. The molecule has 2 unspecified atom stereocenters. The number of ketones is 4. The quantitative estimate of drug-likeness (QED) is 0.0965. The van der Waals surface area contributed by atoms with Crippen LogP contribution in [0.2, 0.25) is 0 Å². The van der Waals surface area contributed by atoms with Crippen molar-refractivity contribution < 1.29 is 39.6 Å². The van der Waals surface area contributed by atoms with Crippen LogP contribution in [0.15, 0.2) is 49.4 Å². The maximum Gasteiger partial charge on any atom is 0.224 e. The summed E-state index contributed by atoms with van der Waals surface area (Å²) in [5, 5.41) is 68.7. The molecule has 4 aromatic heterocycles. The Balaban J connectivity index is 0.000000116. The van der Waals surface area contributed by atoms with Crippen LogP contribution in [0.25, 0.3) is 4.85 Å². The van der Waals surface area contributed by atoms with Crippen molar-refractivity contribution in [3.63, 3.8) is 0 Å². The number of carbonyl (C=O) groups is 4. The van der Waals surface area contributed by atoms with E-state index < -0.39 is 22.4 Å². The zero-order valence-electron chi connectivity index (χ0n) is 77.1. The number of nitriles is 1. The Kier molecular flexibility index (Phi) is 24.2. The average molecular weight is 1670 g/mol. The van der Waals surface area contributed by atoms with Crippen molar-refractivity contribution in [2.24, 2.45) is 187 Å². The van der Waals surface area contributed by atoms with Crippen molar-refractivity contribution in [3.8, 4) is 6.07 Å². The lowest BCUT2D eigenvalue weighted by atomic mass is 9.48. The fourth-order valence-electron chi connectivity index (χ4n) is 35.7. The third kappa shape index (κ3) is 16.5. The molecule has 0 saturated heterocycles. The molecule has 18 nitrogen and oxygen atoms in total. The predicted molar refractivity (Wildman–Crippen MR) is 472 cm³/mol. The van der Waals surface area contributed by atoms with Gasteiger partial charge in [0.15, 0.2) is 28.8 Å². The van der Waals surface area contributed by atoms with Crippen LogP contribution in [0, 0.1) is 219 Å². The van der Waals surface area contributed by atoms with Crippen molar-refractivity contribution in [1.82, 2.24) is 39.1 Å². The summed E-state index contributed by atoms with van der Waals surface area (Å²) in [5.74, 6) is 19.4. The number of hydrogen-bond donors (Lipinski definition) is 4. The summed E-state index contributed by atoms with van der Waals surface area (Å²) in [6.07, 6.45) is 49.4. The first-order chi connectivity index (χ1) is 57.8. The minimum Gasteiger partial charge on any atom is -0.390 e. The van der Waals surface area contributed by atoms with Crippen molar-refractivity contribution in [2.45, 2.75) is 351 Å². The number of aliphatic hydroxyl groups is 4. The van der Waals surface area contributed by atoms with Gasteiger partial charge in [-0.25, -0.2) is 4.85 Å². The lowest BCUT2D eigenvalue weighted by Gasteiger charge is -2.57. The summed E-state index contributed by atoms with van der Waals surface area (Å²) in [7, 11) is 0. The standard InChI is InChI=1S/2C26H37N3O2.2C26H40N2O2/c1-16-11-22(23(30)15-29-14-18(27-4)13-28-29)26(3)10-8-20-19-7-9-25(2,31)12-17(19)5-6-21(20)24(16)26;1-16-12-22(23(30)15-29-11-8-18(14-27)28-29)26(3)10-7-20-19-6-9-25(2,31)13-17(19)4-5-21(20)24(16)26;2*1-16-13-27-28(14-16)15-23(29)22-11-17(2)24-21-6-5-18-12-25(3,30)9-7-19(18)20(21)8-10-26(22,24)4/h13-14,16-17,19-22,24,31H,5-12,15H2,1-3H3;8,11,16-17,19-22,24,31H,4-7,9-10,12-13,15H2,1-3H3;2*13-14,17-22,24,30H,5-12,15H2,1-4H3/t16?,17-,19+,20-,21-,22-,24+,25-,26-;16-,17-,19+,20-,21-,22-,24+,25-,26-;17?,18-,19+,20-,21-,22-,24+,25-,26-;17-,18-,19+,20-,21-,22-,24+,25-,26-/m1111/s1. The molecule has 0 bridgehead atoms. The van der Waals surface area contributed by atoms with E-state index in [1.54, 1.807) is 34.0 Å². The zero-order valence-corrected chi connectivity index (χ0v) is 77.1. The molecule has 16 saturated carbocycles. The van der Waals surface area contributed by atoms with E-state index in [0.29, 0.717) is 113 Å². The largest absolute Gasteiger partial charge is 0.390 e. The number of carbonyl (C=O) groups excluding carboxylic acids is 4. The highest BCUT2D eigenvalue weighted by molar-refractivity contribution is 5.84. The molecular weight excluding hydrogens is 1520 g/mol. The predicted octanol–water partition coefficient (Wildman–Crippen LogP) is 19.9. The first kappa shape index (κ1) is 88.4. The molecule has 4 N–H and O–H groups in total. The summed E-state index contributed by atoms with van der Waals surface area (Å²) in [6, 6.07) is 3.73. The van der Waals surface area contributed by atoms with Crippen LogP contribution < -0.4 is 0 Å². The number of nitrogens with zero attached hydrogens (tertiary/aromatic N) is 10. The van der Waals surface area contributed by atoms with Crippen LogP contribution >= 0.6 is 0 Å². The van der Waals surface area contributed by atoms with E-state index in [2.05, 4.69) is 80.6 Å². The highest BCUT2D eigenvalue weighted by atomic mass is 16.3. The van der Waals surface area contributed by atoms with Crippen LogP contribution in [0.5, 0.6) is 0 Å². The van der Waals surface area contributed by atoms with Gasteiger partial charge in [-0.1, -0.05) is 55.4 Å². The Morgan fingerprint density at radius 1 is 0.393 bits per heavy atom. The van der Waals surface area contributed by atoms with E-state index in [9.17, 15) is 39.6 Å². The molecule has 16 aliphatic rings. The minimum absolute atomic E-state index is 0.0931. The van der Waals surface area contributed by atoms with E-state index >= 15 is 0 Å². The molecule has 0 spiro atoms. The molecule has 0 aromatic carbocycles. The van der Waals surface area contributed by atoms with Crippen molar-refractivity contribution in [2.75, 3.05) is 0 Å². The zero-order chi connectivity index (χ0) is 86.4. The van der Waals surface area contributed by atoms with E-state index in [1.807, 2.05) is 81.8 Å². The number of hydrogen-bond acceptors (Lipinski definition) is 13. The van der Waals surface area contributed by atoms with Gasteiger partial charge in [-0.3, -0.25) is 37.9 Å². The van der Waals surface area contributed by atoms with E-state index in [0.717, 1.165) is 184 Å². The van der Waals surface area contributed by atoms with E-state index in [1.165, 1.54) is 116 Å². The molecular formula is C104H154N10O8. The Bertz CT molecular complexity index is 4270. The molecule has 20 rings (SSSR count). The third-order valence-corrected chi connectivity index (χ3v) is 40.1. The maximum absolute atomic E-state index is 13.4. The SMILES string of the molecule is C[C@@H]1C[C@H](C(=O)Cn2ccc(C#N)n2)[C@@]2(C)CC[C@H]3[C@@H](CC[C@@H]4C[C@](C)(O)CC[C@@H]43)[C@H]12.Cc1cnn(CC(=O)[C@H]2CC(C)[C@H]3[C@@H]4CC[C@@H]5C[C@](C)(O)CC[C@@H]5[C@H]4CC[C@]23C)c1.Cc1cnn(CC(=O)[C@H]2C[C@@H](C)[C@H]3[C@@H]4CC[C@@H]5C[C@](C)(O)CC[C@@H]5[C@H]4CC[C@@]32C)c1.[C-]#[N+]c1cnn(CC(=O)[C@H]2CC(C)[C@H]3[C@@H]4CC[C@@H]5C[C@](C)(O)CC[C@@H]5[C@H]4CC[C@]23C)c1. The second-order valence-electron chi connectivity index (χ2n) is 47.9. The molecule has 0 amide bonds. The van der Waals surface area contributed by atoms with Gasteiger partial charge in [-0.15, -0.1) is 0 Å². The molecule has 36 atom stereocenters.